The van der Waals surface area contributed by atoms with Crippen LogP contribution in [0.5, 0.6) is 0 Å². The summed E-state index contributed by atoms with van der Waals surface area (Å²) < 4.78 is 0. The van der Waals surface area contributed by atoms with Crippen molar-refractivity contribution >= 4 is 17.0 Å². The molecule has 0 aliphatic carbocycles. The third-order valence-electron chi connectivity index (χ3n) is 2.95. The van der Waals surface area contributed by atoms with Crippen LogP contribution in [0.3, 0.4) is 0 Å². The number of aromatic amines is 1. The lowest BCUT2D eigenvalue weighted by atomic mass is 10.1. The maximum atomic E-state index is 8.79. The molecule has 0 unspecified atom stereocenters. The number of nitriles is 1. The SMILES string of the molecule is N#Cc1csc(CNc2ccc(-c3ccn[nH]3)cc2)c1. The zero-order valence-electron chi connectivity index (χ0n) is 10.6. The number of H-pyrrole nitrogens is 1. The van der Waals surface area contributed by atoms with Gasteiger partial charge in [-0.2, -0.15) is 10.4 Å². The quantitative estimate of drug-likeness (QED) is 0.767. The topological polar surface area (TPSA) is 64.5 Å². The first-order valence-corrected chi connectivity index (χ1v) is 7.04. The van der Waals surface area contributed by atoms with Crippen molar-refractivity contribution in [2.45, 2.75) is 6.54 Å². The lowest BCUT2D eigenvalue weighted by molar-refractivity contribution is 1.09. The zero-order chi connectivity index (χ0) is 13.8. The van der Waals surface area contributed by atoms with Crippen LogP contribution < -0.4 is 5.32 Å². The number of rotatable bonds is 4. The van der Waals surface area contributed by atoms with Gasteiger partial charge in [-0.1, -0.05) is 12.1 Å². The number of aromatic nitrogens is 2. The van der Waals surface area contributed by atoms with Crippen molar-refractivity contribution in [1.82, 2.24) is 10.2 Å². The minimum atomic E-state index is 0.724. The van der Waals surface area contributed by atoms with Gasteiger partial charge >= 0.3 is 0 Å². The molecule has 0 radical (unpaired) electrons. The van der Waals surface area contributed by atoms with E-state index in [2.05, 4.69) is 21.6 Å². The Labute approximate surface area is 120 Å². The van der Waals surface area contributed by atoms with E-state index in [-0.39, 0.29) is 0 Å². The van der Waals surface area contributed by atoms with Crippen LogP contribution in [-0.4, -0.2) is 10.2 Å². The fourth-order valence-electron chi connectivity index (χ4n) is 1.91. The molecule has 0 aliphatic rings. The lowest BCUT2D eigenvalue weighted by Crippen LogP contribution is -1.96. The van der Waals surface area contributed by atoms with E-state index in [1.54, 1.807) is 17.5 Å². The second-order valence-electron chi connectivity index (χ2n) is 4.31. The fraction of sp³-hybridized carbons (Fsp3) is 0.0667. The summed E-state index contributed by atoms with van der Waals surface area (Å²) in [5.41, 5.74) is 3.89. The number of nitrogens with zero attached hydrogens (tertiary/aromatic N) is 2. The Hall–Kier alpha value is -2.58. The second kappa shape index (κ2) is 5.59. The Balaban J connectivity index is 1.65. The molecular formula is C15H12N4S. The molecule has 3 rings (SSSR count). The maximum absolute atomic E-state index is 8.79. The zero-order valence-corrected chi connectivity index (χ0v) is 11.4. The van der Waals surface area contributed by atoms with Gasteiger partial charge in [-0.05, 0) is 29.8 Å². The Morgan fingerprint density at radius 1 is 1.25 bits per heavy atom. The van der Waals surface area contributed by atoms with Gasteiger partial charge < -0.3 is 5.32 Å². The summed E-state index contributed by atoms with van der Waals surface area (Å²) in [6.45, 7) is 0.732. The van der Waals surface area contributed by atoms with Gasteiger partial charge in [0.2, 0.25) is 0 Å². The predicted molar refractivity (Wildman–Crippen MR) is 80.4 cm³/mol. The van der Waals surface area contributed by atoms with E-state index in [4.69, 9.17) is 5.26 Å². The number of benzene rings is 1. The Morgan fingerprint density at radius 2 is 2.10 bits per heavy atom. The Bertz CT molecular complexity index is 720. The van der Waals surface area contributed by atoms with Crippen LogP contribution in [-0.2, 0) is 6.54 Å². The van der Waals surface area contributed by atoms with Crippen LogP contribution in [0.4, 0.5) is 5.69 Å². The molecule has 0 atom stereocenters. The molecule has 0 spiro atoms. The second-order valence-corrected chi connectivity index (χ2v) is 5.31. The third-order valence-corrected chi connectivity index (χ3v) is 3.88. The van der Waals surface area contributed by atoms with Crippen LogP contribution in [0.15, 0.2) is 48.0 Å². The number of hydrogen-bond donors (Lipinski definition) is 2. The molecule has 20 heavy (non-hydrogen) atoms. The summed E-state index contributed by atoms with van der Waals surface area (Å²) in [7, 11) is 0. The molecule has 0 amide bonds. The van der Waals surface area contributed by atoms with Gasteiger partial charge in [-0.15, -0.1) is 11.3 Å². The van der Waals surface area contributed by atoms with Gasteiger partial charge in [-0.3, -0.25) is 5.10 Å². The van der Waals surface area contributed by atoms with Gasteiger partial charge in [0.15, 0.2) is 0 Å². The van der Waals surface area contributed by atoms with Crippen molar-refractivity contribution in [3.05, 3.63) is 58.4 Å². The van der Waals surface area contributed by atoms with Gasteiger partial charge in [-0.25, -0.2) is 0 Å². The Kier molecular flexibility index (Phi) is 3.48. The molecule has 5 heteroatoms. The molecule has 0 bridgehead atoms. The van der Waals surface area contributed by atoms with Crippen molar-refractivity contribution in [3.8, 4) is 17.3 Å². The minimum absolute atomic E-state index is 0.724. The number of anilines is 1. The minimum Gasteiger partial charge on any atom is -0.380 e. The first-order valence-electron chi connectivity index (χ1n) is 6.16. The highest BCUT2D eigenvalue weighted by Gasteiger charge is 2.01. The van der Waals surface area contributed by atoms with Crippen molar-refractivity contribution in [3.63, 3.8) is 0 Å². The molecule has 2 aromatic heterocycles. The largest absolute Gasteiger partial charge is 0.380 e. The number of hydrogen-bond acceptors (Lipinski definition) is 4. The summed E-state index contributed by atoms with van der Waals surface area (Å²) in [6, 6.07) is 14.2. The average molecular weight is 280 g/mol. The van der Waals surface area contributed by atoms with Crippen LogP contribution in [0, 0.1) is 11.3 Å². The van der Waals surface area contributed by atoms with Gasteiger partial charge in [0, 0.05) is 28.7 Å². The van der Waals surface area contributed by atoms with E-state index < -0.39 is 0 Å². The van der Waals surface area contributed by atoms with Crippen LogP contribution in [0.1, 0.15) is 10.4 Å². The van der Waals surface area contributed by atoms with Crippen molar-refractivity contribution in [2.75, 3.05) is 5.32 Å². The lowest BCUT2D eigenvalue weighted by Gasteiger charge is -2.05. The van der Waals surface area contributed by atoms with Crippen LogP contribution in [0.25, 0.3) is 11.3 Å². The molecule has 98 valence electrons. The first-order chi connectivity index (χ1) is 9.85. The van der Waals surface area contributed by atoms with Crippen LogP contribution in [0.2, 0.25) is 0 Å². The summed E-state index contributed by atoms with van der Waals surface area (Å²) >= 11 is 1.60. The van der Waals surface area contributed by atoms with E-state index in [0.717, 1.165) is 33.9 Å². The molecule has 4 nitrogen and oxygen atoms in total. The average Bonchev–Trinajstić information content (AvgIpc) is 3.17. The highest BCUT2D eigenvalue weighted by Crippen LogP contribution is 2.20. The summed E-state index contributed by atoms with van der Waals surface area (Å²) in [4.78, 5) is 1.15. The normalized spacial score (nSPS) is 10.2. The van der Waals surface area contributed by atoms with E-state index in [1.165, 1.54) is 0 Å². The first kappa shape index (κ1) is 12.5. The Morgan fingerprint density at radius 3 is 2.75 bits per heavy atom. The summed E-state index contributed by atoms with van der Waals surface area (Å²) in [6.07, 6.45) is 1.74. The van der Waals surface area contributed by atoms with E-state index >= 15 is 0 Å². The van der Waals surface area contributed by atoms with Crippen LogP contribution >= 0.6 is 11.3 Å². The molecule has 0 saturated heterocycles. The van der Waals surface area contributed by atoms with Crippen molar-refractivity contribution < 1.29 is 0 Å². The highest BCUT2D eigenvalue weighted by molar-refractivity contribution is 7.10. The molecule has 2 heterocycles. The fourth-order valence-corrected chi connectivity index (χ4v) is 2.66. The van der Waals surface area contributed by atoms with Gasteiger partial charge in [0.05, 0.1) is 11.3 Å². The third kappa shape index (κ3) is 2.71. The maximum Gasteiger partial charge on any atom is 0.100 e. The van der Waals surface area contributed by atoms with Gasteiger partial charge in [0.25, 0.3) is 0 Å². The molecule has 0 fully saturated rings. The van der Waals surface area contributed by atoms with Gasteiger partial charge in [0.1, 0.15) is 6.07 Å². The summed E-state index contributed by atoms with van der Waals surface area (Å²) in [5, 5.41) is 20.9. The number of nitrogens with one attached hydrogen (secondary N) is 2. The molecule has 0 aliphatic heterocycles. The molecule has 0 saturated carbocycles. The van der Waals surface area contributed by atoms with E-state index in [9.17, 15) is 0 Å². The molecule has 2 N–H and O–H groups in total. The predicted octanol–water partition coefficient (Wildman–Crippen LogP) is 3.62. The van der Waals surface area contributed by atoms with Crippen molar-refractivity contribution in [1.29, 1.82) is 5.26 Å². The molecule has 1 aromatic carbocycles. The van der Waals surface area contributed by atoms with E-state index in [0.29, 0.717) is 0 Å². The smallest absolute Gasteiger partial charge is 0.100 e. The standard InChI is InChI=1S/C15H12N4S/c16-8-11-7-14(20-10-11)9-17-13-3-1-12(2-4-13)15-5-6-18-19-15/h1-7,10,17H,9H2,(H,18,19). The van der Waals surface area contributed by atoms with Crippen molar-refractivity contribution in [2.24, 2.45) is 0 Å². The molecule has 3 aromatic rings. The summed E-state index contributed by atoms with van der Waals surface area (Å²) in [5.74, 6) is 0. The monoisotopic (exact) mass is 280 g/mol. The highest BCUT2D eigenvalue weighted by atomic mass is 32.1. The van der Waals surface area contributed by atoms with E-state index in [1.807, 2.05) is 41.8 Å². The molecular weight excluding hydrogens is 268 g/mol. The number of thiophene rings is 1.